The number of rotatable bonds is 2. The minimum Gasteiger partial charge on any atom is -0.508 e. The van der Waals surface area contributed by atoms with E-state index < -0.39 is 0 Å². The number of pyridine rings is 1. The van der Waals surface area contributed by atoms with Gasteiger partial charge in [-0.15, -0.1) is 0 Å². The predicted octanol–water partition coefficient (Wildman–Crippen LogP) is 2.79. The fraction of sp³-hybridized carbons (Fsp3) is 0.0769. The van der Waals surface area contributed by atoms with Gasteiger partial charge in [0.25, 0.3) is 0 Å². The van der Waals surface area contributed by atoms with Crippen LogP contribution in [0.2, 0.25) is 0 Å². The molecule has 0 unspecified atom stereocenters. The van der Waals surface area contributed by atoms with Crippen molar-refractivity contribution in [3.63, 3.8) is 0 Å². The minimum atomic E-state index is 0.269. The van der Waals surface area contributed by atoms with Crippen LogP contribution in [0.4, 0.5) is 0 Å². The number of aromatic nitrogens is 3. The summed E-state index contributed by atoms with van der Waals surface area (Å²) >= 11 is 3.41. The van der Waals surface area contributed by atoms with Crippen molar-refractivity contribution in [3.05, 3.63) is 58.5 Å². The first kappa shape index (κ1) is 11.2. The highest BCUT2D eigenvalue weighted by atomic mass is 79.9. The Morgan fingerprint density at radius 3 is 2.72 bits per heavy atom. The first-order valence-corrected chi connectivity index (χ1v) is 6.29. The van der Waals surface area contributed by atoms with Crippen molar-refractivity contribution in [1.82, 2.24) is 14.6 Å². The van der Waals surface area contributed by atoms with E-state index in [0.717, 1.165) is 21.5 Å². The Bertz CT molecular complexity index is 691. The summed E-state index contributed by atoms with van der Waals surface area (Å²) in [6, 6.07) is 10.9. The van der Waals surface area contributed by atoms with Gasteiger partial charge in [0.15, 0.2) is 11.5 Å². The van der Waals surface area contributed by atoms with E-state index in [9.17, 15) is 5.11 Å². The van der Waals surface area contributed by atoms with Crippen LogP contribution in [-0.4, -0.2) is 19.7 Å². The quantitative estimate of drug-likeness (QED) is 0.792. The second-order valence-electron chi connectivity index (χ2n) is 4.02. The van der Waals surface area contributed by atoms with Crippen LogP contribution >= 0.6 is 15.9 Å². The van der Waals surface area contributed by atoms with Crippen molar-refractivity contribution in [2.24, 2.45) is 0 Å². The topological polar surface area (TPSA) is 50.4 Å². The van der Waals surface area contributed by atoms with Crippen LogP contribution in [0.1, 0.15) is 11.4 Å². The molecule has 18 heavy (non-hydrogen) atoms. The van der Waals surface area contributed by atoms with Gasteiger partial charge in [-0.05, 0) is 29.8 Å². The maximum absolute atomic E-state index is 9.23. The highest BCUT2D eigenvalue weighted by Gasteiger charge is 2.05. The molecule has 0 bridgehead atoms. The zero-order chi connectivity index (χ0) is 12.5. The number of phenolic OH excluding ortho intramolecular Hbond substituents is 1. The molecule has 5 heteroatoms. The summed E-state index contributed by atoms with van der Waals surface area (Å²) in [5.41, 5.74) is 1.89. The number of nitrogens with zero attached hydrogens (tertiary/aromatic N) is 3. The Balaban J connectivity index is 1.92. The number of benzene rings is 1. The molecule has 0 radical (unpaired) electrons. The summed E-state index contributed by atoms with van der Waals surface area (Å²) in [5.74, 6) is 1.03. The number of hydrogen-bond acceptors (Lipinski definition) is 3. The highest BCUT2D eigenvalue weighted by molar-refractivity contribution is 9.10. The number of fused-ring (bicyclic) bond motifs is 1. The summed E-state index contributed by atoms with van der Waals surface area (Å²) < 4.78 is 2.74. The van der Waals surface area contributed by atoms with E-state index >= 15 is 0 Å². The minimum absolute atomic E-state index is 0.269. The molecular formula is C13H10BrN3O. The lowest BCUT2D eigenvalue weighted by Gasteiger charge is -1.96. The summed E-state index contributed by atoms with van der Waals surface area (Å²) in [7, 11) is 0. The Hall–Kier alpha value is -1.88. The van der Waals surface area contributed by atoms with Gasteiger partial charge in [-0.2, -0.15) is 5.10 Å². The average Bonchev–Trinajstić information content (AvgIpc) is 2.73. The molecule has 1 aromatic carbocycles. The van der Waals surface area contributed by atoms with E-state index in [1.807, 2.05) is 30.5 Å². The van der Waals surface area contributed by atoms with Gasteiger partial charge >= 0.3 is 0 Å². The van der Waals surface area contributed by atoms with Crippen molar-refractivity contribution >= 4 is 21.6 Å². The van der Waals surface area contributed by atoms with Crippen molar-refractivity contribution < 1.29 is 5.11 Å². The normalized spacial score (nSPS) is 10.9. The van der Waals surface area contributed by atoms with Gasteiger partial charge in [0.05, 0.1) is 0 Å². The van der Waals surface area contributed by atoms with Crippen molar-refractivity contribution in [1.29, 1.82) is 0 Å². The lowest BCUT2D eigenvalue weighted by Crippen LogP contribution is -1.91. The van der Waals surface area contributed by atoms with Crippen LogP contribution in [0.25, 0.3) is 5.65 Å². The van der Waals surface area contributed by atoms with E-state index in [0.29, 0.717) is 6.42 Å². The average molecular weight is 304 g/mol. The summed E-state index contributed by atoms with van der Waals surface area (Å²) in [4.78, 5) is 4.45. The fourth-order valence-corrected chi connectivity index (χ4v) is 2.10. The maximum Gasteiger partial charge on any atom is 0.156 e. The van der Waals surface area contributed by atoms with Crippen molar-refractivity contribution in [2.45, 2.75) is 6.42 Å². The third kappa shape index (κ3) is 2.22. The Labute approximate surface area is 112 Å². The van der Waals surface area contributed by atoms with Crippen molar-refractivity contribution in [2.75, 3.05) is 0 Å². The van der Waals surface area contributed by atoms with Gasteiger partial charge in [0.2, 0.25) is 0 Å². The predicted molar refractivity (Wildman–Crippen MR) is 71.6 cm³/mol. The number of phenols is 1. The van der Waals surface area contributed by atoms with E-state index in [-0.39, 0.29) is 5.75 Å². The Morgan fingerprint density at radius 1 is 1.17 bits per heavy atom. The molecule has 0 aliphatic heterocycles. The molecule has 2 heterocycles. The lowest BCUT2D eigenvalue weighted by atomic mass is 10.1. The van der Waals surface area contributed by atoms with Crippen LogP contribution in [0.15, 0.2) is 47.1 Å². The van der Waals surface area contributed by atoms with E-state index in [1.54, 1.807) is 16.6 Å². The summed E-state index contributed by atoms with van der Waals surface area (Å²) in [6.07, 6.45) is 2.52. The molecule has 0 aliphatic rings. The molecule has 0 atom stereocenters. The van der Waals surface area contributed by atoms with Crippen LogP contribution in [0.5, 0.6) is 5.75 Å². The largest absolute Gasteiger partial charge is 0.508 e. The molecule has 0 saturated carbocycles. The third-order valence-electron chi connectivity index (χ3n) is 2.64. The molecule has 2 aromatic heterocycles. The first-order valence-electron chi connectivity index (χ1n) is 5.49. The highest BCUT2D eigenvalue weighted by Crippen LogP contribution is 2.15. The van der Waals surface area contributed by atoms with E-state index in [4.69, 9.17) is 0 Å². The van der Waals surface area contributed by atoms with Gasteiger partial charge in [0.1, 0.15) is 5.75 Å². The van der Waals surface area contributed by atoms with Crippen LogP contribution in [0.3, 0.4) is 0 Å². The van der Waals surface area contributed by atoms with Crippen LogP contribution in [-0.2, 0) is 6.42 Å². The molecular weight excluding hydrogens is 294 g/mol. The van der Waals surface area contributed by atoms with Crippen molar-refractivity contribution in [3.8, 4) is 5.75 Å². The van der Waals surface area contributed by atoms with Gasteiger partial charge < -0.3 is 5.11 Å². The Kier molecular flexibility index (Phi) is 2.76. The Morgan fingerprint density at radius 2 is 1.94 bits per heavy atom. The zero-order valence-corrected chi connectivity index (χ0v) is 11.0. The first-order chi connectivity index (χ1) is 8.70. The summed E-state index contributed by atoms with van der Waals surface area (Å²) in [6.45, 7) is 0. The second kappa shape index (κ2) is 4.42. The molecule has 0 aliphatic carbocycles. The molecule has 4 nitrogen and oxygen atoms in total. The smallest absolute Gasteiger partial charge is 0.156 e. The maximum atomic E-state index is 9.23. The molecule has 0 amide bonds. The van der Waals surface area contributed by atoms with Gasteiger partial charge in [0, 0.05) is 17.1 Å². The number of halogens is 1. The zero-order valence-electron chi connectivity index (χ0n) is 9.42. The number of hydrogen-bond donors (Lipinski definition) is 1. The standard InChI is InChI=1S/C13H10BrN3O/c14-10-5-6-17-13(8-10)15-12(16-17)7-9-1-3-11(18)4-2-9/h1-6,8,18H,7H2. The van der Waals surface area contributed by atoms with Crippen LogP contribution in [0, 0.1) is 0 Å². The number of aromatic hydroxyl groups is 1. The molecule has 3 aromatic rings. The second-order valence-corrected chi connectivity index (χ2v) is 4.93. The molecule has 1 N–H and O–H groups in total. The monoisotopic (exact) mass is 303 g/mol. The fourth-order valence-electron chi connectivity index (χ4n) is 1.77. The van der Waals surface area contributed by atoms with E-state index in [1.165, 1.54) is 0 Å². The molecule has 0 spiro atoms. The summed E-state index contributed by atoms with van der Waals surface area (Å²) in [5, 5.41) is 13.6. The molecule has 0 fully saturated rings. The van der Waals surface area contributed by atoms with E-state index in [2.05, 4.69) is 26.0 Å². The van der Waals surface area contributed by atoms with Gasteiger partial charge in [-0.25, -0.2) is 9.50 Å². The van der Waals surface area contributed by atoms with Gasteiger partial charge in [-0.3, -0.25) is 0 Å². The lowest BCUT2D eigenvalue weighted by molar-refractivity contribution is 0.475. The molecule has 0 saturated heterocycles. The third-order valence-corrected chi connectivity index (χ3v) is 3.14. The SMILES string of the molecule is Oc1ccc(Cc2nc3cc(Br)ccn3n2)cc1. The molecule has 3 rings (SSSR count). The van der Waals surface area contributed by atoms with Gasteiger partial charge in [-0.1, -0.05) is 28.1 Å². The van der Waals surface area contributed by atoms with Crippen LogP contribution < -0.4 is 0 Å². The molecule has 90 valence electrons.